The summed E-state index contributed by atoms with van der Waals surface area (Å²) in [5.41, 5.74) is 8.89. The molecular formula is C12H17N3. The van der Waals surface area contributed by atoms with Crippen LogP contribution in [0.15, 0.2) is 24.5 Å². The normalized spacial score (nSPS) is 12.3. The molecule has 0 radical (unpaired) electrons. The third-order valence-electron chi connectivity index (χ3n) is 2.53. The predicted molar refractivity (Wildman–Crippen MR) is 61.8 cm³/mol. The Morgan fingerprint density at radius 2 is 2.13 bits per heavy atom. The van der Waals surface area contributed by atoms with Crippen molar-refractivity contribution in [3.05, 3.63) is 35.8 Å². The molecule has 0 amide bonds. The largest absolute Gasteiger partial charge is 0.326 e. The van der Waals surface area contributed by atoms with Gasteiger partial charge in [-0.3, -0.25) is 0 Å². The van der Waals surface area contributed by atoms with Crippen molar-refractivity contribution in [3.8, 4) is 0 Å². The molecule has 80 valence electrons. The van der Waals surface area contributed by atoms with Gasteiger partial charge in [-0.1, -0.05) is 20.8 Å². The molecule has 2 aromatic heterocycles. The highest BCUT2D eigenvalue weighted by molar-refractivity contribution is 5.43. The second-order valence-corrected chi connectivity index (χ2v) is 4.88. The standard InChI is InChI=1S/C12H17N3/c1-12(2,3)10-8-15-5-4-9(7-13)6-11(15)14-10/h4-6,8H,7,13H2,1-3H3. The molecule has 2 N–H and O–H groups in total. The van der Waals surface area contributed by atoms with Crippen LogP contribution in [0.25, 0.3) is 5.65 Å². The molecule has 0 aromatic carbocycles. The fourth-order valence-corrected chi connectivity index (χ4v) is 1.51. The van der Waals surface area contributed by atoms with Crippen molar-refractivity contribution < 1.29 is 0 Å². The summed E-state index contributed by atoms with van der Waals surface area (Å²) in [6.45, 7) is 7.06. The monoisotopic (exact) mass is 203 g/mol. The number of aromatic nitrogens is 2. The van der Waals surface area contributed by atoms with Gasteiger partial charge in [0, 0.05) is 24.4 Å². The molecule has 2 rings (SSSR count). The van der Waals surface area contributed by atoms with Crippen molar-refractivity contribution in [2.75, 3.05) is 0 Å². The molecule has 0 atom stereocenters. The smallest absolute Gasteiger partial charge is 0.137 e. The van der Waals surface area contributed by atoms with E-state index in [1.807, 2.05) is 22.7 Å². The topological polar surface area (TPSA) is 43.3 Å². The maximum absolute atomic E-state index is 5.60. The fourth-order valence-electron chi connectivity index (χ4n) is 1.51. The molecule has 2 heterocycles. The van der Waals surface area contributed by atoms with Gasteiger partial charge in [-0.15, -0.1) is 0 Å². The van der Waals surface area contributed by atoms with Crippen LogP contribution < -0.4 is 5.73 Å². The first kappa shape index (κ1) is 10.2. The first-order valence-corrected chi connectivity index (χ1v) is 5.19. The Bertz CT molecular complexity index is 477. The predicted octanol–water partition coefficient (Wildman–Crippen LogP) is 2.09. The van der Waals surface area contributed by atoms with E-state index >= 15 is 0 Å². The number of nitrogens with zero attached hydrogens (tertiary/aromatic N) is 2. The van der Waals surface area contributed by atoms with Crippen LogP contribution in [0, 0.1) is 0 Å². The average molecular weight is 203 g/mol. The number of imidazole rings is 1. The summed E-state index contributed by atoms with van der Waals surface area (Å²) in [5.74, 6) is 0. The van der Waals surface area contributed by atoms with E-state index in [0.717, 1.165) is 16.9 Å². The van der Waals surface area contributed by atoms with E-state index in [1.54, 1.807) is 0 Å². The SMILES string of the molecule is CC(C)(C)c1cn2ccc(CN)cc2n1. The van der Waals surface area contributed by atoms with Crippen molar-refractivity contribution in [3.63, 3.8) is 0 Å². The van der Waals surface area contributed by atoms with E-state index in [-0.39, 0.29) is 5.41 Å². The summed E-state index contributed by atoms with van der Waals surface area (Å²) in [6.07, 6.45) is 4.09. The minimum atomic E-state index is 0.0922. The van der Waals surface area contributed by atoms with Gasteiger partial charge < -0.3 is 10.1 Å². The van der Waals surface area contributed by atoms with E-state index in [9.17, 15) is 0 Å². The highest BCUT2D eigenvalue weighted by atomic mass is 15.0. The molecular weight excluding hydrogens is 186 g/mol. The van der Waals surface area contributed by atoms with E-state index in [4.69, 9.17) is 5.73 Å². The molecule has 0 saturated carbocycles. The number of hydrogen-bond acceptors (Lipinski definition) is 2. The van der Waals surface area contributed by atoms with E-state index in [2.05, 4.69) is 32.0 Å². The van der Waals surface area contributed by atoms with Gasteiger partial charge in [-0.05, 0) is 17.7 Å². The number of nitrogens with two attached hydrogens (primary N) is 1. The molecule has 15 heavy (non-hydrogen) atoms. The molecule has 3 nitrogen and oxygen atoms in total. The Balaban J connectivity index is 2.56. The van der Waals surface area contributed by atoms with Crippen molar-refractivity contribution in [2.45, 2.75) is 32.7 Å². The number of pyridine rings is 1. The van der Waals surface area contributed by atoms with E-state index in [1.165, 1.54) is 0 Å². The zero-order valence-corrected chi connectivity index (χ0v) is 9.49. The summed E-state index contributed by atoms with van der Waals surface area (Å²) in [5, 5.41) is 0. The minimum absolute atomic E-state index is 0.0922. The molecule has 0 aliphatic carbocycles. The first-order valence-electron chi connectivity index (χ1n) is 5.19. The van der Waals surface area contributed by atoms with Gasteiger partial charge in [0.25, 0.3) is 0 Å². The van der Waals surface area contributed by atoms with Crippen LogP contribution in [0.1, 0.15) is 32.0 Å². The molecule has 0 spiro atoms. The molecule has 0 aliphatic heterocycles. The Hall–Kier alpha value is -1.35. The molecule has 0 bridgehead atoms. The van der Waals surface area contributed by atoms with Crippen LogP contribution in [0.2, 0.25) is 0 Å². The van der Waals surface area contributed by atoms with Gasteiger partial charge in [0.2, 0.25) is 0 Å². The fraction of sp³-hybridized carbons (Fsp3) is 0.417. The molecule has 0 aliphatic rings. The van der Waals surface area contributed by atoms with Gasteiger partial charge in [-0.2, -0.15) is 0 Å². The molecule has 2 aromatic rings. The maximum atomic E-state index is 5.60. The average Bonchev–Trinajstić information content (AvgIpc) is 2.59. The Morgan fingerprint density at radius 3 is 2.73 bits per heavy atom. The summed E-state index contributed by atoms with van der Waals surface area (Å²) < 4.78 is 2.04. The molecule has 0 saturated heterocycles. The highest BCUT2D eigenvalue weighted by Crippen LogP contribution is 2.21. The molecule has 3 heteroatoms. The van der Waals surface area contributed by atoms with Crippen molar-refractivity contribution in [2.24, 2.45) is 5.73 Å². The zero-order chi connectivity index (χ0) is 11.1. The van der Waals surface area contributed by atoms with Gasteiger partial charge in [-0.25, -0.2) is 4.98 Å². The minimum Gasteiger partial charge on any atom is -0.326 e. The maximum Gasteiger partial charge on any atom is 0.137 e. The van der Waals surface area contributed by atoms with Crippen molar-refractivity contribution in [1.82, 2.24) is 9.38 Å². The Kier molecular flexibility index (Phi) is 2.27. The summed E-state index contributed by atoms with van der Waals surface area (Å²) >= 11 is 0. The second-order valence-electron chi connectivity index (χ2n) is 4.88. The Morgan fingerprint density at radius 1 is 1.40 bits per heavy atom. The number of fused-ring (bicyclic) bond motifs is 1. The number of hydrogen-bond donors (Lipinski definition) is 1. The van der Waals surface area contributed by atoms with Gasteiger partial charge in [0.1, 0.15) is 5.65 Å². The van der Waals surface area contributed by atoms with Gasteiger partial charge in [0.05, 0.1) is 5.69 Å². The van der Waals surface area contributed by atoms with Gasteiger partial charge in [0.15, 0.2) is 0 Å². The first-order chi connectivity index (χ1) is 7.00. The lowest BCUT2D eigenvalue weighted by atomic mass is 9.93. The quantitative estimate of drug-likeness (QED) is 0.771. The zero-order valence-electron chi connectivity index (χ0n) is 9.49. The van der Waals surface area contributed by atoms with Crippen LogP contribution >= 0.6 is 0 Å². The Labute approximate surface area is 89.9 Å². The molecule has 0 unspecified atom stereocenters. The molecule has 0 fully saturated rings. The third kappa shape index (κ3) is 1.88. The lowest BCUT2D eigenvalue weighted by Crippen LogP contribution is -2.11. The van der Waals surface area contributed by atoms with E-state index in [0.29, 0.717) is 6.54 Å². The van der Waals surface area contributed by atoms with Crippen LogP contribution in [-0.2, 0) is 12.0 Å². The summed E-state index contributed by atoms with van der Waals surface area (Å²) in [6, 6.07) is 4.07. The van der Waals surface area contributed by atoms with Crippen LogP contribution in [0.3, 0.4) is 0 Å². The van der Waals surface area contributed by atoms with Crippen LogP contribution in [0.4, 0.5) is 0 Å². The second kappa shape index (κ2) is 3.35. The number of rotatable bonds is 1. The van der Waals surface area contributed by atoms with Crippen LogP contribution in [-0.4, -0.2) is 9.38 Å². The summed E-state index contributed by atoms with van der Waals surface area (Å²) in [7, 11) is 0. The van der Waals surface area contributed by atoms with Gasteiger partial charge >= 0.3 is 0 Å². The van der Waals surface area contributed by atoms with Crippen LogP contribution in [0.5, 0.6) is 0 Å². The lowest BCUT2D eigenvalue weighted by Gasteiger charge is -2.13. The van der Waals surface area contributed by atoms with Crippen molar-refractivity contribution >= 4 is 5.65 Å². The third-order valence-corrected chi connectivity index (χ3v) is 2.53. The lowest BCUT2D eigenvalue weighted by molar-refractivity contribution is 0.573. The summed E-state index contributed by atoms with van der Waals surface area (Å²) in [4.78, 5) is 4.60. The van der Waals surface area contributed by atoms with E-state index < -0.39 is 0 Å². The highest BCUT2D eigenvalue weighted by Gasteiger charge is 2.17. The van der Waals surface area contributed by atoms with Crippen molar-refractivity contribution in [1.29, 1.82) is 0 Å².